The van der Waals surface area contributed by atoms with Crippen LogP contribution in [0.25, 0.3) is 0 Å². The number of benzene rings is 1. The van der Waals surface area contributed by atoms with Gasteiger partial charge in [-0.3, -0.25) is 10.1 Å². The van der Waals surface area contributed by atoms with Crippen molar-refractivity contribution in [2.45, 2.75) is 6.61 Å². The van der Waals surface area contributed by atoms with Crippen molar-refractivity contribution in [2.24, 2.45) is 0 Å². The molecular weight excluding hydrogens is 189 g/mol. The maximum Gasteiger partial charge on any atom is 0.482 e. The predicted octanol–water partition coefficient (Wildman–Crippen LogP) is -0.408. The van der Waals surface area contributed by atoms with Crippen LogP contribution in [0, 0.1) is 10.1 Å². The fraction of sp³-hybridized carbons (Fsp3) is 0.143. The molecule has 0 heterocycles. The van der Waals surface area contributed by atoms with Crippen LogP contribution in [0.4, 0.5) is 5.69 Å². The molecule has 0 unspecified atom stereocenters. The van der Waals surface area contributed by atoms with Gasteiger partial charge in [0.1, 0.15) is 0 Å². The number of aliphatic hydroxyl groups is 1. The summed E-state index contributed by atoms with van der Waals surface area (Å²) in [5, 5.41) is 32.8. The molecule has 14 heavy (non-hydrogen) atoms. The first-order valence-electron chi connectivity index (χ1n) is 3.60. The average Bonchev–Trinajstić information content (AvgIpc) is 2.19. The van der Waals surface area contributed by atoms with Crippen molar-refractivity contribution in [1.82, 2.24) is 0 Å². The molecule has 1 aromatic carbocycles. The van der Waals surface area contributed by atoms with Crippen molar-refractivity contribution in [1.29, 1.82) is 0 Å². The number of non-ortho nitro benzene ring substituents is 1. The molecule has 0 saturated carbocycles. The monoisotopic (exact) mass is 198 g/mol. The third-order valence-electron chi connectivity index (χ3n) is 1.30. The van der Waals surface area contributed by atoms with Crippen molar-refractivity contribution in [3.63, 3.8) is 0 Å². The highest BCUT2D eigenvalue weighted by Gasteiger charge is 2.03. The molecule has 0 saturated heterocycles. The summed E-state index contributed by atoms with van der Waals surface area (Å²) in [6.07, 6.45) is 0. The third-order valence-corrected chi connectivity index (χ3v) is 1.30. The second-order valence-corrected chi connectivity index (χ2v) is 2.20. The van der Waals surface area contributed by atoms with E-state index in [-0.39, 0.29) is 20.0 Å². The maximum absolute atomic E-state index is 10.2. The Morgan fingerprint density at radius 1 is 1.43 bits per heavy atom. The van der Waals surface area contributed by atoms with E-state index in [2.05, 4.69) is 0 Å². The standard InChI is InChI=1S/C7H7NO3.BH2O2/c9-5-6-2-1-3-7(4-6)8(10)11;2-1-3/h1-4,9H,5H2;2-3H. The molecule has 1 aromatic rings. The third kappa shape index (κ3) is 4.56. The molecule has 75 valence electrons. The van der Waals surface area contributed by atoms with E-state index in [0.29, 0.717) is 5.56 Å². The van der Waals surface area contributed by atoms with Crippen LogP contribution in [0.5, 0.6) is 0 Å². The first kappa shape index (κ1) is 12.6. The Balaban J connectivity index is 0.000000500. The molecule has 7 heteroatoms. The van der Waals surface area contributed by atoms with Gasteiger partial charge in [0.15, 0.2) is 0 Å². The summed E-state index contributed by atoms with van der Waals surface area (Å²) in [6.45, 7) is -0.165. The van der Waals surface area contributed by atoms with Gasteiger partial charge in [-0.25, -0.2) is 0 Å². The molecule has 6 nitrogen and oxygen atoms in total. The van der Waals surface area contributed by atoms with E-state index in [1.807, 2.05) is 0 Å². The number of hydrogen-bond donors (Lipinski definition) is 3. The molecule has 0 aliphatic rings. The molecule has 1 radical (unpaired) electrons. The Labute approximate surface area is 80.9 Å². The second kappa shape index (κ2) is 7.02. The van der Waals surface area contributed by atoms with Gasteiger partial charge in [0.2, 0.25) is 0 Å². The van der Waals surface area contributed by atoms with Crippen LogP contribution in [-0.2, 0) is 6.61 Å². The number of nitro benzene ring substituents is 1. The molecule has 0 spiro atoms. The quantitative estimate of drug-likeness (QED) is 0.340. The largest absolute Gasteiger partial charge is 0.482 e. The van der Waals surface area contributed by atoms with Crippen LogP contribution in [0.3, 0.4) is 0 Å². The van der Waals surface area contributed by atoms with Crippen molar-refractivity contribution < 1.29 is 20.1 Å². The molecule has 0 amide bonds. The van der Waals surface area contributed by atoms with Crippen molar-refractivity contribution >= 4 is 13.4 Å². The first-order valence-corrected chi connectivity index (χ1v) is 3.60. The Morgan fingerprint density at radius 3 is 2.43 bits per heavy atom. The number of hydrogen-bond acceptors (Lipinski definition) is 5. The molecule has 1 rings (SSSR count). The van der Waals surface area contributed by atoms with Crippen LogP contribution in [-0.4, -0.2) is 27.8 Å². The van der Waals surface area contributed by atoms with Gasteiger partial charge in [-0.1, -0.05) is 12.1 Å². The Bertz CT molecular complexity index is 293. The van der Waals surface area contributed by atoms with E-state index in [0.717, 1.165) is 0 Å². The molecule has 0 atom stereocenters. The van der Waals surface area contributed by atoms with Gasteiger partial charge in [0.05, 0.1) is 11.5 Å². The lowest BCUT2D eigenvalue weighted by Crippen LogP contribution is -1.89. The summed E-state index contributed by atoms with van der Waals surface area (Å²) in [4.78, 5) is 9.71. The number of nitrogens with zero attached hydrogens (tertiary/aromatic N) is 1. The summed E-state index contributed by atoms with van der Waals surface area (Å²) in [5.41, 5.74) is 0.566. The zero-order valence-electron chi connectivity index (χ0n) is 7.20. The number of nitro groups is 1. The first-order chi connectivity index (χ1) is 6.65. The van der Waals surface area contributed by atoms with E-state index in [1.54, 1.807) is 12.1 Å². The number of aliphatic hydroxyl groups excluding tert-OH is 1. The summed E-state index contributed by atoms with van der Waals surface area (Å²) in [5.74, 6) is 0. The minimum absolute atomic E-state index is 0. The molecule has 3 N–H and O–H groups in total. The lowest BCUT2D eigenvalue weighted by molar-refractivity contribution is -0.384. The zero-order valence-corrected chi connectivity index (χ0v) is 7.20. The smallest absolute Gasteiger partial charge is 0.429 e. The molecule has 0 bridgehead atoms. The van der Waals surface area contributed by atoms with Gasteiger partial charge in [-0.2, -0.15) is 0 Å². The van der Waals surface area contributed by atoms with E-state index < -0.39 is 4.92 Å². The minimum atomic E-state index is -0.487. The van der Waals surface area contributed by atoms with Crippen molar-refractivity contribution in [3.8, 4) is 0 Å². The summed E-state index contributed by atoms with van der Waals surface area (Å²) >= 11 is 0. The average molecular weight is 198 g/mol. The molecule has 0 aliphatic heterocycles. The van der Waals surface area contributed by atoms with Gasteiger partial charge in [0.25, 0.3) is 5.69 Å². The van der Waals surface area contributed by atoms with Crippen LogP contribution in [0.1, 0.15) is 5.56 Å². The lowest BCUT2D eigenvalue weighted by Gasteiger charge is -1.93. The highest BCUT2D eigenvalue weighted by atomic mass is 16.6. The fourth-order valence-electron chi connectivity index (χ4n) is 0.768. The minimum Gasteiger partial charge on any atom is -0.429 e. The van der Waals surface area contributed by atoms with E-state index in [1.165, 1.54) is 12.1 Å². The summed E-state index contributed by atoms with van der Waals surface area (Å²) in [6, 6.07) is 5.91. The van der Waals surface area contributed by atoms with Crippen molar-refractivity contribution in [3.05, 3.63) is 39.9 Å². The van der Waals surface area contributed by atoms with E-state index in [9.17, 15) is 10.1 Å². The van der Waals surface area contributed by atoms with Crippen LogP contribution < -0.4 is 0 Å². The second-order valence-electron chi connectivity index (χ2n) is 2.20. The summed E-state index contributed by atoms with van der Waals surface area (Å²) < 4.78 is 0. The SMILES string of the molecule is O=[N+]([O-])c1cccc(CO)c1.O[B]O. The Hall–Kier alpha value is -1.44. The maximum atomic E-state index is 10.2. The van der Waals surface area contributed by atoms with E-state index in [4.69, 9.17) is 15.2 Å². The normalized spacial score (nSPS) is 8.50. The van der Waals surface area contributed by atoms with Gasteiger partial charge < -0.3 is 15.2 Å². The van der Waals surface area contributed by atoms with Gasteiger partial charge in [-0.05, 0) is 5.56 Å². The van der Waals surface area contributed by atoms with Crippen LogP contribution in [0.2, 0.25) is 0 Å². The summed E-state index contributed by atoms with van der Waals surface area (Å²) in [7, 11) is 0. The van der Waals surface area contributed by atoms with Crippen LogP contribution >= 0.6 is 0 Å². The van der Waals surface area contributed by atoms with Crippen LogP contribution in [0.15, 0.2) is 24.3 Å². The number of rotatable bonds is 2. The molecule has 0 aliphatic carbocycles. The fourth-order valence-corrected chi connectivity index (χ4v) is 0.768. The van der Waals surface area contributed by atoms with Crippen molar-refractivity contribution in [2.75, 3.05) is 0 Å². The van der Waals surface area contributed by atoms with Gasteiger partial charge in [-0.15, -0.1) is 0 Å². The van der Waals surface area contributed by atoms with Gasteiger partial charge >= 0.3 is 7.69 Å². The molecule has 0 aromatic heterocycles. The molecular formula is C7H9BNO5. The van der Waals surface area contributed by atoms with Gasteiger partial charge in [0, 0.05) is 12.1 Å². The topological polar surface area (TPSA) is 104 Å². The Morgan fingerprint density at radius 2 is 2.00 bits per heavy atom. The van der Waals surface area contributed by atoms with E-state index >= 15 is 0 Å². The highest BCUT2D eigenvalue weighted by molar-refractivity contribution is 6.13. The molecule has 0 fully saturated rings. The highest BCUT2D eigenvalue weighted by Crippen LogP contribution is 2.12. The predicted molar refractivity (Wildman–Crippen MR) is 49.2 cm³/mol. The zero-order chi connectivity index (χ0) is 11.0. The lowest BCUT2D eigenvalue weighted by atomic mass is 10.2. The Kier molecular flexibility index (Phi) is 6.30.